The number of carbonyl (C=O) groups excluding carboxylic acids is 1. The number of nitrogens with zero attached hydrogens (tertiary/aromatic N) is 6. The molecule has 30 heavy (non-hydrogen) atoms. The summed E-state index contributed by atoms with van der Waals surface area (Å²) in [5.74, 6) is 0. The minimum Gasteiger partial charge on any atom is -0.450 e. The largest absolute Gasteiger partial charge is 0.450 e. The van der Waals surface area contributed by atoms with Crippen LogP contribution in [0.4, 0.5) is 4.79 Å². The Morgan fingerprint density at radius 3 is 1.37 bits per heavy atom. The van der Waals surface area contributed by atoms with Gasteiger partial charge in [-0.05, 0) is 14.0 Å². The van der Waals surface area contributed by atoms with Gasteiger partial charge in [0.25, 0.3) is 20.4 Å². The van der Waals surface area contributed by atoms with E-state index in [0.717, 1.165) is 0 Å². The first kappa shape index (κ1) is 23.6. The van der Waals surface area contributed by atoms with Crippen LogP contribution >= 0.6 is 0 Å². The van der Waals surface area contributed by atoms with Crippen molar-refractivity contribution in [3.63, 3.8) is 0 Å². The summed E-state index contributed by atoms with van der Waals surface area (Å²) in [6, 6.07) is 0. The monoisotopic (exact) mass is 468 g/mol. The topological polar surface area (TPSA) is 114 Å². The SMILES string of the molecule is CCOC(=O)N1CCN(S(=O)(=O)N2CCN(S(=O)(=O)N3CCN(C)CC3)CC2)CC1. The quantitative estimate of drug-likeness (QED) is 0.464. The number of likely N-dealkylation sites (N-methyl/N-ethyl adjacent to an activating group) is 1. The third-order valence-corrected chi connectivity index (χ3v) is 9.80. The zero-order chi connectivity index (χ0) is 21.9. The summed E-state index contributed by atoms with van der Waals surface area (Å²) in [5, 5.41) is 0. The Labute approximate surface area is 179 Å². The molecule has 3 heterocycles. The predicted octanol–water partition coefficient (Wildman–Crippen LogP) is -1.88. The summed E-state index contributed by atoms with van der Waals surface area (Å²) in [6.45, 7) is 5.71. The number of rotatable bonds is 5. The van der Waals surface area contributed by atoms with Crippen LogP contribution in [0.25, 0.3) is 0 Å². The molecule has 3 aliphatic rings. The molecule has 0 spiro atoms. The third-order valence-electron chi connectivity index (χ3n) is 5.73. The number of carbonyl (C=O) groups is 1. The second-order valence-corrected chi connectivity index (χ2v) is 11.5. The van der Waals surface area contributed by atoms with Gasteiger partial charge in [0.15, 0.2) is 0 Å². The highest BCUT2D eigenvalue weighted by Crippen LogP contribution is 2.19. The Kier molecular flexibility index (Phi) is 7.58. The molecule has 3 saturated heterocycles. The van der Waals surface area contributed by atoms with E-state index < -0.39 is 26.5 Å². The van der Waals surface area contributed by atoms with Crippen LogP contribution in [0.1, 0.15) is 6.92 Å². The minimum absolute atomic E-state index is 0.118. The van der Waals surface area contributed by atoms with Crippen LogP contribution in [0.5, 0.6) is 0 Å². The maximum Gasteiger partial charge on any atom is 0.409 e. The maximum atomic E-state index is 13.0. The first-order valence-electron chi connectivity index (χ1n) is 10.3. The van der Waals surface area contributed by atoms with Crippen molar-refractivity contribution < 1.29 is 26.4 Å². The number of hydrogen-bond acceptors (Lipinski definition) is 7. The van der Waals surface area contributed by atoms with E-state index in [0.29, 0.717) is 26.2 Å². The van der Waals surface area contributed by atoms with E-state index in [2.05, 4.69) is 4.90 Å². The molecule has 14 heteroatoms. The van der Waals surface area contributed by atoms with Crippen molar-refractivity contribution in [1.82, 2.24) is 27.0 Å². The molecular weight excluding hydrogens is 436 g/mol. The first-order valence-corrected chi connectivity index (χ1v) is 13.1. The zero-order valence-electron chi connectivity index (χ0n) is 17.6. The Morgan fingerprint density at radius 2 is 1.00 bits per heavy atom. The van der Waals surface area contributed by atoms with Gasteiger partial charge in [-0.1, -0.05) is 0 Å². The van der Waals surface area contributed by atoms with Gasteiger partial charge in [0.1, 0.15) is 0 Å². The molecule has 3 fully saturated rings. The minimum atomic E-state index is -3.70. The van der Waals surface area contributed by atoms with E-state index >= 15 is 0 Å². The number of amides is 1. The molecule has 174 valence electrons. The van der Waals surface area contributed by atoms with Gasteiger partial charge in [0.05, 0.1) is 6.61 Å². The molecule has 0 saturated carbocycles. The lowest BCUT2D eigenvalue weighted by Crippen LogP contribution is -2.60. The van der Waals surface area contributed by atoms with Gasteiger partial charge in [-0.2, -0.15) is 34.1 Å². The highest BCUT2D eigenvalue weighted by molar-refractivity contribution is 7.87. The fourth-order valence-electron chi connectivity index (χ4n) is 3.79. The van der Waals surface area contributed by atoms with E-state index in [4.69, 9.17) is 4.74 Å². The number of ether oxygens (including phenoxy) is 1. The summed E-state index contributed by atoms with van der Waals surface area (Å²) in [6.07, 6.45) is -0.433. The van der Waals surface area contributed by atoms with Crippen molar-refractivity contribution in [2.24, 2.45) is 0 Å². The molecule has 0 aromatic rings. The van der Waals surface area contributed by atoms with Crippen LogP contribution < -0.4 is 0 Å². The molecule has 12 nitrogen and oxygen atoms in total. The fraction of sp³-hybridized carbons (Fsp3) is 0.938. The average molecular weight is 469 g/mol. The molecule has 1 amide bonds. The summed E-state index contributed by atoms with van der Waals surface area (Å²) in [7, 11) is -5.32. The first-order chi connectivity index (χ1) is 14.2. The van der Waals surface area contributed by atoms with Gasteiger partial charge in [-0.25, -0.2) is 4.79 Å². The molecule has 0 N–H and O–H groups in total. The van der Waals surface area contributed by atoms with Crippen molar-refractivity contribution in [3.05, 3.63) is 0 Å². The van der Waals surface area contributed by atoms with Gasteiger partial charge >= 0.3 is 6.09 Å². The van der Waals surface area contributed by atoms with Crippen LogP contribution in [0.3, 0.4) is 0 Å². The van der Waals surface area contributed by atoms with Crippen molar-refractivity contribution in [3.8, 4) is 0 Å². The zero-order valence-corrected chi connectivity index (χ0v) is 19.3. The van der Waals surface area contributed by atoms with Crippen LogP contribution in [0, 0.1) is 0 Å². The molecule has 0 aromatic heterocycles. The number of piperazine rings is 3. The third kappa shape index (κ3) is 5.06. The Balaban J connectivity index is 1.53. The van der Waals surface area contributed by atoms with Gasteiger partial charge in [0.2, 0.25) is 0 Å². The highest BCUT2D eigenvalue weighted by Gasteiger charge is 2.39. The molecule has 0 radical (unpaired) electrons. The molecule has 0 unspecified atom stereocenters. The molecular formula is C16H32N6O6S2. The number of hydrogen-bond donors (Lipinski definition) is 0. The standard InChI is InChI=1S/C16H32N6O6S2/c1-3-28-16(23)18-6-10-20(11-7-18)30(26,27)22-14-12-21(13-15-22)29(24,25)19-8-4-17(2)5-9-19/h3-15H2,1-2H3. The van der Waals surface area contributed by atoms with Crippen molar-refractivity contribution in [2.75, 3.05) is 92.2 Å². The van der Waals surface area contributed by atoms with Crippen molar-refractivity contribution >= 4 is 26.5 Å². The summed E-state index contributed by atoms with van der Waals surface area (Å²) in [4.78, 5) is 15.4. The normalized spacial score (nSPS) is 24.8. The van der Waals surface area contributed by atoms with E-state index in [1.165, 1.54) is 22.1 Å². The summed E-state index contributed by atoms with van der Waals surface area (Å²) < 4.78 is 62.2. The van der Waals surface area contributed by atoms with Gasteiger partial charge in [-0.3, -0.25) is 0 Å². The summed E-state index contributed by atoms with van der Waals surface area (Å²) in [5.41, 5.74) is 0. The van der Waals surface area contributed by atoms with Gasteiger partial charge < -0.3 is 14.5 Å². The second kappa shape index (κ2) is 9.63. The lowest BCUT2D eigenvalue weighted by molar-refractivity contribution is 0.0921. The lowest BCUT2D eigenvalue weighted by atomic mass is 10.4. The van der Waals surface area contributed by atoms with Crippen molar-refractivity contribution in [2.45, 2.75) is 6.92 Å². The Hall–Kier alpha value is -1.03. The van der Waals surface area contributed by atoms with Crippen molar-refractivity contribution in [1.29, 1.82) is 0 Å². The Bertz CT molecular complexity index is 798. The summed E-state index contributed by atoms with van der Waals surface area (Å²) >= 11 is 0. The van der Waals surface area contributed by atoms with Gasteiger partial charge in [0, 0.05) is 78.5 Å². The lowest BCUT2D eigenvalue weighted by Gasteiger charge is -2.41. The fourth-order valence-corrected chi connectivity index (χ4v) is 6.94. The van der Waals surface area contributed by atoms with E-state index in [1.54, 1.807) is 6.92 Å². The maximum absolute atomic E-state index is 13.0. The average Bonchev–Trinajstić information content (AvgIpc) is 2.74. The van der Waals surface area contributed by atoms with Crippen LogP contribution in [0.15, 0.2) is 0 Å². The highest BCUT2D eigenvalue weighted by atomic mass is 32.2. The van der Waals surface area contributed by atoms with E-state index in [1.807, 2.05) is 7.05 Å². The van der Waals surface area contributed by atoms with E-state index in [-0.39, 0.29) is 59.0 Å². The second-order valence-electron chi connectivity index (χ2n) is 7.60. The molecule has 0 bridgehead atoms. The van der Waals surface area contributed by atoms with Crippen LogP contribution in [-0.2, 0) is 25.2 Å². The molecule has 0 aromatic carbocycles. The molecule has 0 aliphatic carbocycles. The smallest absolute Gasteiger partial charge is 0.409 e. The predicted molar refractivity (Wildman–Crippen MR) is 110 cm³/mol. The van der Waals surface area contributed by atoms with Gasteiger partial charge in [-0.15, -0.1) is 0 Å². The Morgan fingerprint density at radius 1 is 0.667 bits per heavy atom. The molecule has 3 aliphatic heterocycles. The molecule has 3 rings (SSSR count). The van der Waals surface area contributed by atoms with Crippen LogP contribution in [0.2, 0.25) is 0 Å². The molecule has 0 atom stereocenters. The van der Waals surface area contributed by atoms with E-state index in [9.17, 15) is 21.6 Å². The van der Waals surface area contributed by atoms with Crippen LogP contribution in [-0.4, -0.2) is 142 Å².